The van der Waals surface area contributed by atoms with E-state index in [1.165, 1.54) is 0 Å². The fourth-order valence-electron chi connectivity index (χ4n) is 2.38. The lowest BCUT2D eigenvalue weighted by Gasteiger charge is -2.17. The van der Waals surface area contributed by atoms with Crippen molar-refractivity contribution >= 4 is 5.65 Å². The third-order valence-electron chi connectivity index (χ3n) is 3.65. The average Bonchev–Trinajstić information content (AvgIpc) is 2.51. The van der Waals surface area contributed by atoms with Crippen LogP contribution in [0.1, 0.15) is 26.0 Å². The van der Waals surface area contributed by atoms with E-state index >= 15 is 0 Å². The van der Waals surface area contributed by atoms with E-state index in [0.29, 0.717) is 12.2 Å². The summed E-state index contributed by atoms with van der Waals surface area (Å²) in [6.07, 6.45) is 2.85. The minimum Gasteiger partial charge on any atom is -0.311 e. The summed E-state index contributed by atoms with van der Waals surface area (Å²) in [7, 11) is 0. The van der Waals surface area contributed by atoms with Crippen molar-refractivity contribution in [3.8, 4) is 0 Å². The molecule has 1 N–H and O–H groups in total. The summed E-state index contributed by atoms with van der Waals surface area (Å²) in [5.41, 5.74) is 1.47. The Morgan fingerprint density at radius 2 is 2.10 bits per heavy atom. The lowest BCUT2D eigenvalue weighted by molar-refractivity contribution is 0.298. The van der Waals surface area contributed by atoms with Crippen LogP contribution in [0.2, 0.25) is 0 Å². The molecular formula is C16H24N4O. The van der Waals surface area contributed by atoms with Crippen LogP contribution in [-0.2, 0) is 6.54 Å². The normalized spacial score (nSPS) is 11.4. The van der Waals surface area contributed by atoms with Crippen LogP contribution >= 0.6 is 0 Å². The van der Waals surface area contributed by atoms with Gasteiger partial charge in [-0.05, 0) is 44.7 Å². The van der Waals surface area contributed by atoms with Crippen molar-refractivity contribution in [2.45, 2.75) is 26.8 Å². The molecule has 0 aliphatic carbocycles. The van der Waals surface area contributed by atoms with Crippen LogP contribution in [0.25, 0.3) is 5.65 Å². The highest BCUT2D eigenvalue weighted by Gasteiger charge is 2.02. The van der Waals surface area contributed by atoms with Gasteiger partial charge in [-0.2, -0.15) is 0 Å². The Morgan fingerprint density at radius 1 is 1.29 bits per heavy atom. The first kappa shape index (κ1) is 15.7. The fourth-order valence-corrected chi connectivity index (χ4v) is 2.38. The second-order valence-corrected chi connectivity index (χ2v) is 5.07. The standard InChI is InChI=1S/C16H24N4O/c1-3-19(4-2)10-7-9-17-13-14-12-16(21)20-11-6-5-8-15(20)18-14/h5-6,8,11-12,17H,3-4,7,9-10,13H2,1-2H3. The van der Waals surface area contributed by atoms with E-state index in [9.17, 15) is 4.79 Å². The van der Waals surface area contributed by atoms with Crippen molar-refractivity contribution < 1.29 is 0 Å². The molecule has 0 saturated heterocycles. The first-order valence-corrected chi connectivity index (χ1v) is 7.65. The molecule has 2 rings (SSSR count). The first-order valence-electron chi connectivity index (χ1n) is 7.65. The SMILES string of the molecule is CCN(CC)CCCNCc1cc(=O)n2ccccc2n1. The van der Waals surface area contributed by atoms with Gasteiger partial charge in [0.15, 0.2) is 0 Å². The first-order chi connectivity index (χ1) is 10.2. The Labute approximate surface area is 125 Å². The van der Waals surface area contributed by atoms with Gasteiger partial charge in [-0.25, -0.2) is 4.98 Å². The molecule has 0 aliphatic heterocycles. The average molecular weight is 288 g/mol. The van der Waals surface area contributed by atoms with Crippen molar-refractivity contribution in [1.29, 1.82) is 0 Å². The molecule has 0 aromatic carbocycles. The number of hydrogen-bond donors (Lipinski definition) is 1. The van der Waals surface area contributed by atoms with E-state index in [-0.39, 0.29) is 5.56 Å². The Hall–Kier alpha value is -1.72. The fraction of sp³-hybridized carbons (Fsp3) is 0.500. The Bertz CT molecular complexity index is 619. The molecular weight excluding hydrogens is 264 g/mol. The zero-order valence-electron chi connectivity index (χ0n) is 12.9. The predicted molar refractivity (Wildman–Crippen MR) is 85.6 cm³/mol. The molecule has 0 bridgehead atoms. The molecule has 0 atom stereocenters. The Balaban J connectivity index is 1.85. The number of aromatic nitrogens is 2. The smallest absolute Gasteiger partial charge is 0.258 e. The van der Waals surface area contributed by atoms with Gasteiger partial charge in [0.05, 0.1) is 5.69 Å². The van der Waals surface area contributed by atoms with Gasteiger partial charge >= 0.3 is 0 Å². The molecule has 2 heterocycles. The van der Waals surface area contributed by atoms with E-state index in [0.717, 1.165) is 38.3 Å². The van der Waals surface area contributed by atoms with E-state index < -0.39 is 0 Å². The molecule has 2 aromatic rings. The van der Waals surface area contributed by atoms with Gasteiger partial charge in [0.1, 0.15) is 5.65 Å². The minimum atomic E-state index is -0.0273. The summed E-state index contributed by atoms with van der Waals surface area (Å²) in [5, 5.41) is 3.36. The number of rotatable bonds is 8. The summed E-state index contributed by atoms with van der Waals surface area (Å²) in [6, 6.07) is 7.18. The van der Waals surface area contributed by atoms with Crippen LogP contribution in [0.5, 0.6) is 0 Å². The highest BCUT2D eigenvalue weighted by Crippen LogP contribution is 1.98. The maximum Gasteiger partial charge on any atom is 0.258 e. The molecule has 0 radical (unpaired) electrons. The van der Waals surface area contributed by atoms with Crippen LogP contribution in [-0.4, -0.2) is 40.5 Å². The molecule has 0 amide bonds. The molecule has 5 nitrogen and oxygen atoms in total. The zero-order chi connectivity index (χ0) is 15.1. The van der Waals surface area contributed by atoms with E-state index in [1.54, 1.807) is 16.7 Å². The van der Waals surface area contributed by atoms with E-state index in [2.05, 4.69) is 29.0 Å². The van der Waals surface area contributed by atoms with Crippen LogP contribution in [0.4, 0.5) is 0 Å². The Kier molecular flexibility index (Phi) is 5.90. The highest BCUT2D eigenvalue weighted by atomic mass is 16.1. The van der Waals surface area contributed by atoms with Crippen LogP contribution in [0.15, 0.2) is 35.3 Å². The largest absolute Gasteiger partial charge is 0.311 e. The number of fused-ring (bicyclic) bond motifs is 1. The van der Waals surface area contributed by atoms with Crippen molar-refractivity contribution in [2.24, 2.45) is 0 Å². The molecule has 21 heavy (non-hydrogen) atoms. The molecule has 0 fully saturated rings. The summed E-state index contributed by atoms with van der Waals surface area (Å²) in [5.74, 6) is 0. The van der Waals surface area contributed by atoms with Crippen molar-refractivity contribution in [2.75, 3.05) is 26.2 Å². The number of hydrogen-bond acceptors (Lipinski definition) is 4. The maximum absolute atomic E-state index is 11.9. The van der Waals surface area contributed by atoms with Gasteiger partial charge in [0.2, 0.25) is 0 Å². The summed E-state index contributed by atoms with van der Waals surface area (Å²) in [4.78, 5) is 18.8. The quantitative estimate of drug-likeness (QED) is 0.748. The molecule has 0 aliphatic rings. The lowest BCUT2D eigenvalue weighted by Crippen LogP contribution is -2.27. The van der Waals surface area contributed by atoms with E-state index in [1.807, 2.05) is 18.2 Å². The molecule has 0 spiro atoms. The van der Waals surface area contributed by atoms with Crippen LogP contribution < -0.4 is 10.9 Å². The maximum atomic E-state index is 11.9. The zero-order valence-corrected chi connectivity index (χ0v) is 12.9. The number of nitrogens with one attached hydrogen (secondary N) is 1. The summed E-state index contributed by atoms with van der Waals surface area (Å²) >= 11 is 0. The molecule has 2 aromatic heterocycles. The van der Waals surface area contributed by atoms with Crippen molar-refractivity contribution in [3.05, 3.63) is 46.5 Å². The van der Waals surface area contributed by atoms with Gasteiger partial charge < -0.3 is 10.2 Å². The Morgan fingerprint density at radius 3 is 2.86 bits per heavy atom. The molecule has 0 unspecified atom stereocenters. The summed E-state index contributed by atoms with van der Waals surface area (Å²) in [6.45, 7) is 9.24. The highest BCUT2D eigenvalue weighted by molar-refractivity contribution is 5.37. The van der Waals surface area contributed by atoms with Gasteiger partial charge in [-0.15, -0.1) is 0 Å². The summed E-state index contributed by atoms with van der Waals surface area (Å²) < 4.78 is 1.56. The van der Waals surface area contributed by atoms with Crippen LogP contribution in [0, 0.1) is 0 Å². The lowest BCUT2D eigenvalue weighted by atomic mass is 10.3. The number of nitrogens with zero attached hydrogens (tertiary/aromatic N) is 3. The third kappa shape index (κ3) is 4.37. The second-order valence-electron chi connectivity index (χ2n) is 5.07. The second kappa shape index (κ2) is 7.90. The van der Waals surface area contributed by atoms with E-state index in [4.69, 9.17) is 0 Å². The van der Waals surface area contributed by atoms with Crippen molar-refractivity contribution in [1.82, 2.24) is 19.6 Å². The van der Waals surface area contributed by atoms with Gasteiger partial charge in [-0.3, -0.25) is 9.20 Å². The molecule has 114 valence electrons. The van der Waals surface area contributed by atoms with Gasteiger partial charge in [0.25, 0.3) is 5.56 Å². The van der Waals surface area contributed by atoms with Crippen molar-refractivity contribution in [3.63, 3.8) is 0 Å². The van der Waals surface area contributed by atoms with Gasteiger partial charge in [0, 0.05) is 18.8 Å². The monoisotopic (exact) mass is 288 g/mol. The molecule has 5 heteroatoms. The predicted octanol–water partition coefficient (Wildman–Crippen LogP) is 1.52. The van der Waals surface area contributed by atoms with Crippen LogP contribution in [0.3, 0.4) is 0 Å². The van der Waals surface area contributed by atoms with Gasteiger partial charge in [-0.1, -0.05) is 19.9 Å². The topological polar surface area (TPSA) is 49.6 Å². The number of pyridine rings is 1. The minimum absolute atomic E-state index is 0.0273. The third-order valence-corrected chi connectivity index (χ3v) is 3.65. The molecule has 0 saturated carbocycles.